The summed E-state index contributed by atoms with van der Waals surface area (Å²) in [6.07, 6.45) is 1.41. The third-order valence-corrected chi connectivity index (χ3v) is 1.45. The largest absolute Gasteiger partial charge is 0.391 e. The van der Waals surface area contributed by atoms with E-state index in [0.29, 0.717) is 12.5 Å². The van der Waals surface area contributed by atoms with Crippen molar-refractivity contribution in [3.05, 3.63) is 0 Å². The van der Waals surface area contributed by atoms with Gasteiger partial charge in [-0.1, -0.05) is 19.1 Å². The van der Waals surface area contributed by atoms with E-state index < -0.39 is 0 Å². The van der Waals surface area contributed by atoms with Crippen LogP contribution in [0.3, 0.4) is 0 Å². The van der Waals surface area contributed by atoms with Crippen LogP contribution in [-0.4, -0.2) is 17.8 Å². The van der Waals surface area contributed by atoms with E-state index in [-0.39, 0.29) is 6.10 Å². The average molecular weight is 159 g/mol. The van der Waals surface area contributed by atoms with Gasteiger partial charge in [0.05, 0.1) is 12.6 Å². The summed E-state index contributed by atoms with van der Waals surface area (Å²) in [4.78, 5) is 0. The van der Waals surface area contributed by atoms with Gasteiger partial charge in [-0.15, -0.1) is 0 Å². The highest BCUT2D eigenvalue weighted by Gasteiger charge is 2.03. The second-order valence-corrected chi connectivity index (χ2v) is 3.06. The smallest absolute Gasteiger partial charge is 0.0879 e. The van der Waals surface area contributed by atoms with Gasteiger partial charge in [-0.3, -0.25) is 0 Å². The zero-order valence-corrected chi connectivity index (χ0v) is 7.20. The third-order valence-electron chi connectivity index (χ3n) is 1.45. The van der Waals surface area contributed by atoms with Crippen molar-refractivity contribution < 1.29 is 5.11 Å². The molecule has 0 aromatic carbocycles. The molecule has 0 saturated carbocycles. The highest BCUT2D eigenvalue weighted by Crippen LogP contribution is 2.06. The van der Waals surface area contributed by atoms with Crippen LogP contribution in [0, 0.1) is 5.92 Å². The molecule has 0 saturated heterocycles. The van der Waals surface area contributed by atoms with Gasteiger partial charge in [-0.2, -0.15) is 5.11 Å². The van der Waals surface area contributed by atoms with E-state index in [1.165, 1.54) is 0 Å². The highest BCUT2D eigenvalue weighted by molar-refractivity contribution is 4.58. The molecule has 0 rings (SSSR count). The molecule has 3 N–H and O–H groups in total. The monoisotopic (exact) mass is 159 g/mol. The third kappa shape index (κ3) is 7.25. The molecule has 0 bridgehead atoms. The first-order chi connectivity index (χ1) is 5.16. The van der Waals surface area contributed by atoms with Crippen LogP contribution >= 0.6 is 0 Å². The van der Waals surface area contributed by atoms with Crippen molar-refractivity contribution >= 4 is 0 Å². The van der Waals surface area contributed by atoms with E-state index in [9.17, 15) is 5.11 Å². The molecule has 0 spiro atoms. The van der Waals surface area contributed by atoms with Crippen molar-refractivity contribution in [2.24, 2.45) is 22.1 Å². The molecule has 0 fully saturated rings. The van der Waals surface area contributed by atoms with Crippen LogP contribution in [0.15, 0.2) is 10.3 Å². The van der Waals surface area contributed by atoms with E-state index in [1.54, 1.807) is 0 Å². The molecule has 0 aromatic heterocycles. The van der Waals surface area contributed by atoms with Crippen LogP contribution in [0.1, 0.15) is 26.7 Å². The molecular weight excluding hydrogens is 142 g/mol. The van der Waals surface area contributed by atoms with Gasteiger partial charge in [0.1, 0.15) is 0 Å². The second-order valence-electron chi connectivity index (χ2n) is 3.06. The molecule has 0 aromatic rings. The van der Waals surface area contributed by atoms with Crippen LogP contribution in [0.2, 0.25) is 0 Å². The van der Waals surface area contributed by atoms with Gasteiger partial charge in [-0.25, -0.2) is 0 Å². The summed E-state index contributed by atoms with van der Waals surface area (Å²) in [5.74, 6) is 5.40. The van der Waals surface area contributed by atoms with Gasteiger partial charge >= 0.3 is 0 Å². The van der Waals surface area contributed by atoms with Gasteiger partial charge in [-0.05, 0) is 18.8 Å². The Bertz CT molecular complexity index is 114. The van der Waals surface area contributed by atoms with Gasteiger partial charge in [0, 0.05) is 0 Å². The number of aliphatic hydroxyl groups excluding tert-OH is 1. The molecule has 0 aliphatic carbocycles. The van der Waals surface area contributed by atoms with Crippen LogP contribution < -0.4 is 5.84 Å². The fourth-order valence-electron chi connectivity index (χ4n) is 0.758. The molecule has 1 unspecified atom stereocenters. The van der Waals surface area contributed by atoms with E-state index in [2.05, 4.69) is 24.2 Å². The van der Waals surface area contributed by atoms with E-state index >= 15 is 0 Å². The molecule has 66 valence electrons. The fourth-order valence-corrected chi connectivity index (χ4v) is 0.758. The zero-order chi connectivity index (χ0) is 8.69. The minimum atomic E-state index is -0.385. The Hall–Kier alpha value is -0.640. The Kier molecular flexibility index (Phi) is 5.74. The summed E-state index contributed by atoms with van der Waals surface area (Å²) in [6.45, 7) is 4.57. The van der Waals surface area contributed by atoms with Crippen molar-refractivity contribution in [1.29, 1.82) is 0 Å². The lowest BCUT2D eigenvalue weighted by molar-refractivity contribution is 0.163. The van der Waals surface area contributed by atoms with Crippen molar-refractivity contribution in [2.45, 2.75) is 32.8 Å². The lowest BCUT2D eigenvalue weighted by atomic mass is 10.1. The first kappa shape index (κ1) is 10.4. The van der Waals surface area contributed by atoms with Crippen molar-refractivity contribution in [1.82, 2.24) is 0 Å². The maximum absolute atomic E-state index is 9.22. The Labute approximate surface area is 67.5 Å². The van der Waals surface area contributed by atoms with Gasteiger partial charge in [0.2, 0.25) is 0 Å². The zero-order valence-electron chi connectivity index (χ0n) is 7.20. The summed E-state index contributed by atoms with van der Waals surface area (Å²) in [7, 11) is 0. The van der Waals surface area contributed by atoms with Crippen LogP contribution in [0.25, 0.3) is 0 Å². The Morgan fingerprint density at radius 2 is 2.00 bits per heavy atom. The van der Waals surface area contributed by atoms with Gasteiger partial charge in [0.25, 0.3) is 0 Å². The summed E-state index contributed by atoms with van der Waals surface area (Å²) in [5, 5.41) is 15.8. The SMILES string of the molecule is CC(C)CCC(O)CN=NN. The highest BCUT2D eigenvalue weighted by atomic mass is 16.3. The van der Waals surface area contributed by atoms with Gasteiger partial charge < -0.3 is 10.9 Å². The van der Waals surface area contributed by atoms with Crippen LogP contribution in [0.5, 0.6) is 0 Å². The summed E-state index contributed by atoms with van der Waals surface area (Å²) in [6, 6.07) is 0. The first-order valence-corrected chi connectivity index (χ1v) is 3.91. The van der Waals surface area contributed by atoms with Crippen molar-refractivity contribution in [3.8, 4) is 0 Å². The lowest BCUT2D eigenvalue weighted by Crippen LogP contribution is -2.11. The predicted molar refractivity (Wildman–Crippen MR) is 44.0 cm³/mol. The quantitative estimate of drug-likeness (QED) is 0.358. The lowest BCUT2D eigenvalue weighted by Gasteiger charge is -2.08. The number of aliphatic hydroxyl groups is 1. The average Bonchev–Trinajstić information content (AvgIpc) is 1.97. The molecule has 0 aliphatic heterocycles. The topological polar surface area (TPSA) is 71.0 Å². The van der Waals surface area contributed by atoms with Crippen molar-refractivity contribution in [2.75, 3.05) is 6.54 Å². The Morgan fingerprint density at radius 1 is 1.36 bits per heavy atom. The number of nitrogens with two attached hydrogens (primary N) is 1. The number of hydrogen-bond donors (Lipinski definition) is 2. The van der Waals surface area contributed by atoms with Crippen LogP contribution in [-0.2, 0) is 0 Å². The minimum absolute atomic E-state index is 0.323. The molecule has 4 heteroatoms. The van der Waals surface area contributed by atoms with Gasteiger partial charge in [0.15, 0.2) is 0 Å². The number of hydrogen-bond acceptors (Lipinski definition) is 3. The molecular formula is C7H17N3O. The molecule has 0 amide bonds. The summed E-state index contributed by atoms with van der Waals surface area (Å²) >= 11 is 0. The Morgan fingerprint density at radius 3 is 2.45 bits per heavy atom. The van der Waals surface area contributed by atoms with E-state index in [0.717, 1.165) is 12.8 Å². The second kappa shape index (κ2) is 6.09. The molecule has 4 nitrogen and oxygen atoms in total. The van der Waals surface area contributed by atoms with Crippen LogP contribution in [0.4, 0.5) is 0 Å². The van der Waals surface area contributed by atoms with E-state index in [1.807, 2.05) is 0 Å². The molecule has 0 aliphatic rings. The minimum Gasteiger partial charge on any atom is -0.391 e. The first-order valence-electron chi connectivity index (χ1n) is 3.91. The molecule has 1 atom stereocenters. The predicted octanol–water partition coefficient (Wildman–Crippen LogP) is 1.11. The molecule has 0 heterocycles. The number of rotatable bonds is 5. The maximum atomic E-state index is 9.22. The Balaban J connectivity index is 3.29. The summed E-state index contributed by atoms with van der Waals surface area (Å²) < 4.78 is 0. The maximum Gasteiger partial charge on any atom is 0.0879 e. The molecule has 0 radical (unpaired) electrons. The normalized spacial score (nSPS) is 14.5. The summed E-state index contributed by atoms with van der Waals surface area (Å²) in [5.41, 5.74) is 0. The number of nitrogens with zero attached hydrogens (tertiary/aromatic N) is 2. The standard InChI is InChI=1S/C7H17N3O/c1-6(2)3-4-7(11)5-9-10-8/h6-7,11H,3-5H2,1-2H3,(H2,8,9). The fraction of sp³-hybridized carbons (Fsp3) is 1.00. The van der Waals surface area contributed by atoms with E-state index in [4.69, 9.17) is 5.84 Å². The van der Waals surface area contributed by atoms with Crippen molar-refractivity contribution in [3.63, 3.8) is 0 Å². The molecule has 11 heavy (non-hydrogen) atoms.